The van der Waals surface area contributed by atoms with E-state index in [-0.39, 0.29) is 5.56 Å². The second kappa shape index (κ2) is 5.81. The number of para-hydroxylation sites is 1. The smallest absolute Gasteiger partial charge is 0.264 e. The highest BCUT2D eigenvalue weighted by atomic mass is 16.1. The lowest BCUT2D eigenvalue weighted by molar-refractivity contribution is 0.496. The van der Waals surface area contributed by atoms with Gasteiger partial charge in [0, 0.05) is 49.2 Å². The van der Waals surface area contributed by atoms with Crippen molar-refractivity contribution in [3.63, 3.8) is 0 Å². The maximum Gasteiger partial charge on any atom is 0.264 e. The number of hydrogen-bond donors (Lipinski definition) is 2. The molecule has 1 aromatic carbocycles. The zero-order chi connectivity index (χ0) is 17.7. The van der Waals surface area contributed by atoms with Gasteiger partial charge in [-0.1, -0.05) is 18.2 Å². The Morgan fingerprint density at radius 3 is 3.08 bits per heavy atom. The summed E-state index contributed by atoms with van der Waals surface area (Å²) in [5.41, 5.74) is 4.57. The number of nitrogens with zero attached hydrogens (tertiary/aromatic N) is 4. The van der Waals surface area contributed by atoms with Gasteiger partial charge in [-0.25, -0.2) is 4.98 Å². The summed E-state index contributed by atoms with van der Waals surface area (Å²) >= 11 is 0. The van der Waals surface area contributed by atoms with E-state index in [1.54, 1.807) is 28.8 Å². The molecule has 7 nitrogen and oxygen atoms in total. The Hall–Kier alpha value is -2.93. The summed E-state index contributed by atoms with van der Waals surface area (Å²) in [7, 11) is 1.79. The SMILES string of the molecule is Cn1ncc2c(=O)n(CCNC3Cc4[nH]c5ccccc5c4C3)cnc21. The monoisotopic (exact) mass is 348 g/mol. The first kappa shape index (κ1) is 15.3. The van der Waals surface area contributed by atoms with Crippen LogP contribution in [0.2, 0.25) is 0 Å². The maximum atomic E-state index is 12.5. The van der Waals surface area contributed by atoms with Gasteiger partial charge in [0.2, 0.25) is 0 Å². The Labute approximate surface area is 149 Å². The van der Waals surface area contributed by atoms with Gasteiger partial charge in [0.05, 0.1) is 6.20 Å². The number of aryl methyl sites for hydroxylation is 1. The molecule has 3 aromatic heterocycles. The highest BCUT2D eigenvalue weighted by Gasteiger charge is 2.24. The topological polar surface area (TPSA) is 80.5 Å². The van der Waals surface area contributed by atoms with Crippen LogP contribution in [0.4, 0.5) is 0 Å². The van der Waals surface area contributed by atoms with Crippen LogP contribution in [0.15, 0.2) is 41.6 Å². The Bertz CT molecular complexity index is 1170. The number of H-pyrrole nitrogens is 1. The fraction of sp³-hybridized carbons (Fsp3) is 0.316. The van der Waals surface area contributed by atoms with Crippen LogP contribution < -0.4 is 10.9 Å². The van der Waals surface area contributed by atoms with Crippen LogP contribution in [0.3, 0.4) is 0 Å². The Morgan fingerprint density at radius 2 is 2.15 bits per heavy atom. The predicted octanol–water partition coefficient (Wildman–Crippen LogP) is 1.37. The van der Waals surface area contributed by atoms with Gasteiger partial charge in [-0.15, -0.1) is 0 Å². The molecule has 0 spiro atoms. The molecule has 0 aliphatic heterocycles. The van der Waals surface area contributed by atoms with E-state index >= 15 is 0 Å². The molecule has 0 bridgehead atoms. The summed E-state index contributed by atoms with van der Waals surface area (Å²) in [6.07, 6.45) is 5.22. The summed E-state index contributed by atoms with van der Waals surface area (Å²) in [5, 5.41) is 9.58. The normalized spacial score (nSPS) is 16.6. The lowest BCUT2D eigenvalue weighted by Gasteiger charge is -2.13. The number of nitrogens with one attached hydrogen (secondary N) is 2. The molecular weight excluding hydrogens is 328 g/mol. The van der Waals surface area contributed by atoms with E-state index in [2.05, 4.69) is 44.6 Å². The van der Waals surface area contributed by atoms with Crippen molar-refractivity contribution in [2.24, 2.45) is 7.05 Å². The zero-order valence-corrected chi connectivity index (χ0v) is 14.6. The molecule has 1 aliphatic carbocycles. The minimum atomic E-state index is -0.0347. The number of rotatable bonds is 4. The molecule has 26 heavy (non-hydrogen) atoms. The maximum absolute atomic E-state index is 12.5. The Kier molecular flexibility index (Phi) is 3.43. The van der Waals surface area contributed by atoms with Crippen LogP contribution >= 0.6 is 0 Å². The minimum absolute atomic E-state index is 0.0347. The standard InChI is InChI=1S/C19H20N6O/c1-24-18-15(10-22-24)19(26)25(11-21-18)7-6-20-12-8-14-13-4-2-3-5-16(13)23-17(14)9-12/h2-5,10-12,20,23H,6-9H2,1H3. The molecule has 1 atom stereocenters. The largest absolute Gasteiger partial charge is 0.358 e. The third kappa shape index (κ3) is 2.35. The average Bonchev–Trinajstić information content (AvgIpc) is 3.30. The second-order valence-corrected chi connectivity index (χ2v) is 6.94. The lowest BCUT2D eigenvalue weighted by atomic mass is 10.1. The number of fused-ring (bicyclic) bond motifs is 4. The summed E-state index contributed by atoms with van der Waals surface area (Å²) in [4.78, 5) is 20.4. The number of benzene rings is 1. The fourth-order valence-corrected chi connectivity index (χ4v) is 3.99. The van der Waals surface area contributed by atoms with Gasteiger partial charge in [-0.2, -0.15) is 5.10 Å². The van der Waals surface area contributed by atoms with Crippen LogP contribution in [0.5, 0.6) is 0 Å². The number of hydrogen-bond acceptors (Lipinski definition) is 4. The van der Waals surface area contributed by atoms with E-state index in [0.717, 1.165) is 19.4 Å². The van der Waals surface area contributed by atoms with Crippen molar-refractivity contribution >= 4 is 21.9 Å². The van der Waals surface area contributed by atoms with Crippen molar-refractivity contribution in [1.29, 1.82) is 0 Å². The van der Waals surface area contributed by atoms with Crippen molar-refractivity contribution < 1.29 is 0 Å². The first-order valence-corrected chi connectivity index (χ1v) is 8.89. The Morgan fingerprint density at radius 1 is 1.27 bits per heavy atom. The molecule has 0 fully saturated rings. The quantitative estimate of drug-likeness (QED) is 0.584. The van der Waals surface area contributed by atoms with E-state index in [1.807, 2.05) is 0 Å². The fourth-order valence-electron chi connectivity index (χ4n) is 3.99. The molecular formula is C19H20N6O. The van der Waals surface area contributed by atoms with Crippen molar-refractivity contribution in [2.45, 2.75) is 25.4 Å². The second-order valence-electron chi connectivity index (χ2n) is 6.94. The lowest BCUT2D eigenvalue weighted by Crippen LogP contribution is -2.34. The molecule has 5 rings (SSSR count). The van der Waals surface area contributed by atoms with Gasteiger partial charge in [-0.3, -0.25) is 14.0 Å². The van der Waals surface area contributed by atoms with E-state index in [1.165, 1.54) is 22.2 Å². The highest BCUT2D eigenvalue weighted by Crippen LogP contribution is 2.29. The molecule has 0 saturated carbocycles. The van der Waals surface area contributed by atoms with Crippen molar-refractivity contribution in [1.82, 2.24) is 29.6 Å². The zero-order valence-electron chi connectivity index (χ0n) is 14.6. The molecule has 1 unspecified atom stereocenters. The highest BCUT2D eigenvalue weighted by molar-refractivity contribution is 5.85. The van der Waals surface area contributed by atoms with Crippen LogP contribution in [0.1, 0.15) is 11.3 Å². The summed E-state index contributed by atoms with van der Waals surface area (Å²) in [5.74, 6) is 0. The molecule has 132 valence electrons. The number of aromatic amines is 1. The van der Waals surface area contributed by atoms with Gasteiger partial charge in [0.1, 0.15) is 11.7 Å². The first-order chi connectivity index (χ1) is 12.7. The molecule has 4 aromatic rings. The molecule has 2 N–H and O–H groups in total. The number of aromatic nitrogens is 5. The van der Waals surface area contributed by atoms with Crippen molar-refractivity contribution in [3.05, 3.63) is 58.4 Å². The van der Waals surface area contributed by atoms with Gasteiger partial charge in [0.15, 0.2) is 5.65 Å². The molecule has 0 saturated heterocycles. The van der Waals surface area contributed by atoms with Gasteiger partial charge >= 0.3 is 0 Å². The van der Waals surface area contributed by atoms with Gasteiger partial charge < -0.3 is 10.3 Å². The molecule has 3 heterocycles. The van der Waals surface area contributed by atoms with Crippen molar-refractivity contribution in [3.8, 4) is 0 Å². The van der Waals surface area contributed by atoms with Crippen molar-refractivity contribution in [2.75, 3.05) is 6.54 Å². The van der Waals surface area contributed by atoms with Gasteiger partial charge in [-0.05, 0) is 18.1 Å². The Balaban J connectivity index is 1.26. The first-order valence-electron chi connectivity index (χ1n) is 8.89. The van der Waals surface area contributed by atoms with E-state index in [0.29, 0.717) is 23.6 Å². The predicted molar refractivity (Wildman–Crippen MR) is 100 cm³/mol. The van der Waals surface area contributed by atoms with Crippen LogP contribution in [0.25, 0.3) is 21.9 Å². The summed E-state index contributed by atoms with van der Waals surface area (Å²) < 4.78 is 3.27. The minimum Gasteiger partial charge on any atom is -0.358 e. The van der Waals surface area contributed by atoms with Crippen LogP contribution in [0, 0.1) is 0 Å². The summed E-state index contributed by atoms with van der Waals surface area (Å²) in [6, 6.07) is 8.87. The van der Waals surface area contributed by atoms with Gasteiger partial charge in [0.25, 0.3) is 5.56 Å². The molecule has 7 heteroatoms. The third-order valence-corrected chi connectivity index (χ3v) is 5.31. The third-order valence-electron chi connectivity index (χ3n) is 5.31. The van der Waals surface area contributed by atoms with Crippen LogP contribution in [-0.2, 0) is 26.4 Å². The molecule has 0 amide bonds. The average molecular weight is 348 g/mol. The van der Waals surface area contributed by atoms with E-state index < -0.39 is 0 Å². The molecule has 0 radical (unpaired) electrons. The molecule has 1 aliphatic rings. The van der Waals surface area contributed by atoms with E-state index in [9.17, 15) is 4.79 Å². The van der Waals surface area contributed by atoms with Crippen LogP contribution in [-0.4, -0.2) is 36.9 Å². The van der Waals surface area contributed by atoms with E-state index in [4.69, 9.17) is 0 Å². The summed E-state index contributed by atoms with van der Waals surface area (Å²) in [6.45, 7) is 1.34.